The minimum atomic E-state index is -0.199. The van der Waals surface area contributed by atoms with E-state index in [-0.39, 0.29) is 6.09 Å². The van der Waals surface area contributed by atoms with Crippen LogP contribution in [0.3, 0.4) is 0 Å². The Kier molecular flexibility index (Phi) is 11.2. The quantitative estimate of drug-likeness (QED) is 0.538. The van der Waals surface area contributed by atoms with Crippen LogP contribution < -0.4 is 0 Å². The van der Waals surface area contributed by atoms with Crippen molar-refractivity contribution in [1.82, 2.24) is 4.90 Å². The van der Waals surface area contributed by atoms with Crippen molar-refractivity contribution in [2.24, 2.45) is 0 Å². The highest BCUT2D eigenvalue weighted by molar-refractivity contribution is 5.67. The SMILES string of the molecule is CCCCCCCCCCN(C)C(=O)OCC. The second kappa shape index (κ2) is 11.7. The van der Waals surface area contributed by atoms with Crippen LogP contribution in [-0.2, 0) is 4.74 Å². The Hall–Kier alpha value is -0.730. The van der Waals surface area contributed by atoms with Gasteiger partial charge in [0.15, 0.2) is 0 Å². The largest absolute Gasteiger partial charge is 0.450 e. The zero-order chi connectivity index (χ0) is 12.9. The molecular weight excluding hydrogens is 214 g/mol. The number of hydrogen-bond donors (Lipinski definition) is 0. The Morgan fingerprint density at radius 2 is 1.47 bits per heavy atom. The lowest BCUT2D eigenvalue weighted by molar-refractivity contribution is 0.115. The Labute approximate surface area is 107 Å². The molecule has 0 spiro atoms. The molecule has 0 aliphatic heterocycles. The van der Waals surface area contributed by atoms with Crippen molar-refractivity contribution in [3.05, 3.63) is 0 Å². The van der Waals surface area contributed by atoms with Crippen LogP contribution >= 0.6 is 0 Å². The summed E-state index contributed by atoms with van der Waals surface area (Å²) in [6.07, 6.45) is 10.1. The molecule has 0 saturated heterocycles. The summed E-state index contributed by atoms with van der Waals surface area (Å²) in [7, 11) is 1.80. The summed E-state index contributed by atoms with van der Waals surface area (Å²) < 4.78 is 4.91. The molecule has 0 heterocycles. The molecule has 0 rings (SSSR count). The topological polar surface area (TPSA) is 29.5 Å². The average molecular weight is 243 g/mol. The van der Waals surface area contributed by atoms with Gasteiger partial charge in [-0.05, 0) is 13.3 Å². The molecule has 0 fully saturated rings. The maximum Gasteiger partial charge on any atom is 0.409 e. The zero-order valence-electron chi connectivity index (χ0n) is 11.8. The van der Waals surface area contributed by atoms with Gasteiger partial charge in [-0.2, -0.15) is 0 Å². The molecule has 0 saturated carbocycles. The van der Waals surface area contributed by atoms with Crippen LogP contribution in [0.2, 0.25) is 0 Å². The van der Waals surface area contributed by atoms with E-state index in [1.54, 1.807) is 11.9 Å². The molecule has 1 amide bonds. The molecular formula is C14H29NO2. The fourth-order valence-corrected chi connectivity index (χ4v) is 1.81. The van der Waals surface area contributed by atoms with Gasteiger partial charge in [0.25, 0.3) is 0 Å². The van der Waals surface area contributed by atoms with Crippen LogP contribution in [-0.4, -0.2) is 31.2 Å². The van der Waals surface area contributed by atoms with Crippen molar-refractivity contribution in [3.8, 4) is 0 Å². The summed E-state index contributed by atoms with van der Waals surface area (Å²) in [5.74, 6) is 0. The van der Waals surface area contributed by atoms with Crippen LogP contribution in [0, 0.1) is 0 Å². The minimum absolute atomic E-state index is 0.199. The van der Waals surface area contributed by atoms with Crippen LogP contribution in [0.4, 0.5) is 4.79 Å². The third kappa shape index (κ3) is 10.2. The maximum atomic E-state index is 11.3. The molecule has 0 aromatic heterocycles. The third-order valence-corrected chi connectivity index (χ3v) is 2.93. The van der Waals surface area contributed by atoms with Gasteiger partial charge in [-0.25, -0.2) is 4.79 Å². The number of carbonyl (C=O) groups is 1. The van der Waals surface area contributed by atoms with Crippen LogP contribution in [0.1, 0.15) is 65.2 Å². The van der Waals surface area contributed by atoms with Crippen molar-refractivity contribution in [2.45, 2.75) is 65.2 Å². The Balaban J connectivity index is 3.24. The monoisotopic (exact) mass is 243 g/mol. The normalized spacial score (nSPS) is 10.3. The summed E-state index contributed by atoms with van der Waals surface area (Å²) in [6, 6.07) is 0. The van der Waals surface area contributed by atoms with E-state index in [1.165, 1.54) is 44.9 Å². The molecule has 0 aromatic rings. The number of carbonyl (C=O) groups excluding carboxylic acids is 1. The van der Waals surface area contributed by atoms with E-state index in [9.17, 15) is 4.79 Å². The highest BCUT2D eigenvalue weighted by atomic mass is 16.5. The van der Waals surface area contributed by atoms with Gasteiger partial charge < -0.3 is 9.64 Å². The average Bonchev–Trinajstić information content (AvgIpc) is 2.32. The van der Waals surface area contributed by atoms with Crippen molar-refractivity contribution in [3.63, 3.8) is 0 Å². The molecule has 102 valence electrons. The van der Waals surface area contributed by atoms with Crippen molar-refractivity contribution in [1.29, 1.82) is 0 Å². The lowest BCUT2D eigenvalue weighted by Crippen LogP contribution is -2.28. The van der Waals surface area contributed by atoms with Gasteiger partial charge in [-0.1, -0.05) is 51.9 Å². The number of rotatable bonds is 10. The Bertz CT molecular complexity index is 183. The molecule has 0 bridgehead atoms. The van der Waals surface area contributed by atoms with E-state index in [4.69, 9.17) is 4.74 Å². The minimum Gasteiger partial charge on any atom is -0.450 e. The van der Waals surface area contributed by atoms with Crippen LogP contribution in [0.25, 0.3) is 0 Å². The molecule has 0 N–H and O–H groups in total. The fourth-order valence-electron chi connectivity index (χ4n) is 1.81. The molecule has 0 aliphatic rings. The summed E-state index contributed by atoms with van der Waals surface area (Å²) in [4.78, 5) is 13.0. The van der Waals surface area contributed by atoms with Crippen molar-refractivity contribution >= 4 is 6.09 Å². The smallest absolute Gasteiger partial charge is 0.409 e. The first-order chi connectivity index (χ1) is 8.22. The fraction of sp³-hybridized carbons (Fsp3) is 0.929. The number of nitrogens with zero attached hydrogens (tertiary/aromatic N) is 1. The first kappa shape index (κ1) is 16.3. The summed E-state index contributed by atoms with van der Waals surface area (Å²) in [5.41, 5.74) is 0. The third-order valence-electron chi connectivity index (χ3n) is 2.93. The van der Waals surface area contributed by atoms with Crippen LogP contribution in [0.15, 0.2) is 0 Å². The van der Waals surface area contributed by atoms with E-state index in [0.29, 0.717) is 6.61 Å². The predicted molar refractivity (Wildman–Crippen MR) is 72.3 cm³/mol. The zero-order valence-corrected chi connectivity index (χ0v) is 11.8. The van der Waals surface area contributed by atoms with Gasteiger partial charge in [0, 0.05) is 13.6 Å². The van der Waals surface area contributed by atoms with E-state index >= 15 is 0 Å². The molecule has 17 heavy (non-hydrogen) atoms. The van der Waals surface area contributed by atoms with Gasteiger partial charge >= 0.3 is 6.09 Å². The van der Waals surface area contributed by atoms with E-state index in [1.807, 2.05) is 6.92 Å². The maximum absolute atomic E-state index is 11.3. The summed E-state index contributed by atoms with van der Waals surface area (Å²) >= 11 is 0. The molecule has 0 radical (unpaired) electrons. The lowest BCUT2D eigenvalue weighted by Gasteiger charge is -2.15. The van der Waals surface area contributed by atoms with Crippen molar-refractivity contribution < 1.29 is 9.53 Å². The first-order valence-corrected chi connectivity index (χ1v) is 7.10. The van der Waals surface area contributed by atoms with E-state index in [2.05, 4.69) is 6.92 Å². The molecule has 0 atom stereocenters. The standard InChI is InChI=1S/C14H29NO2/c1-4-6-7-8-9-10-11-12-13-15(3)14(16)17-5-2/h4-13H2,1-3H3. The van der Waals surface area contributed by atoms with E-state index < -0.39 is 0 Å². The molecule has 0 unspecified atom stereocenters. The highest BCUT2D eigenvalue weighted by Gasteiger charge is 2.07. The van der Waals surface area contributed by atoms with E-state index in [0.717, 1.165) is 13.0 Å². The van der Waals surface area contributed by atoms with Crippen molar-refractivity contribution in [2.75, 3.05) is 20.2 Å². The Morgan fingerprint density at radius 1 is 0.941 bits per heavy atom. The second-order valence-electron chi connectivity index (χ2n) is 4.60. The predicted octanol–water partition coefficient (Wildman–Crippen LogP) is 4.22. The van der Waals surface area contributed by atoms with Gasteiger partial charge in [0.05, 0.1) is 6.61 Å². The lowest BCUT2D eigenvalue weighted by atomic mass is 10.1. The number of hydrogen-bond acceptors (Lipinski definition) is 2. The molecule has 3 nitrogen and oxygen atoms in total. The molecule has 0 aliphatic carbocycles. The molecule has 3 heteroatoms. The first-order valence-electron chi connectivity index (χ1n) is 7.10. The molecule has 0 aromatic carbocycles. The number of ether oxygens (including phenoxy) is 1. The van der Waals surface area contributed by atoms with Crippen LogP contribution in [0.5, 0.6) is 0 Å². The number of unbranched alkanes of at least 4 members (excludes halogenated alkanes) is 7. The van der Waals surface area contributed by atoms with Gasteiger partial charge in [0.1, 0.15) is 0 Å². The van der Waals surface area contributed by atoms with Gasteiger partial charge in [0.2, 0.25) is 0 Å². The summed E-state index contributed by atoms with van der Waals surface area (Å²) in [5, 5.41) is 0. The summed E-state index contributed by atoms with van der Waals surface area (Å²) in [6.45, 7) is 5.35. The second-order valence-corrected chi connectivity index (χ2v) is 4.60. The van der Waals surface area contributed by atoms with Gasteiger partial charge in [-0.15, -0.1) is 0 Å². The van der Waals surface area contributed by atoms with Gasteiger partial charge in [-0.3, -0.25) is 0 Å². The number of amides is 1. The highest BCUT2D eigenvalue weighted by Crippen LogP contribution is 2.08. The Morgan fingerprint density at radius 3 is 2.00 bits per heavy atom.